The minimum Gasteiger partial charge on any atom is -0.495 e. The summed E-state index contributed by atoms with van der Waals surface area (Å²) < 4.78 is 11.2. The summed E-state index contributed by atoms with van der Waals surface area (Å²) in [5.74, 6) is -0.219. The van der Waals surface area contributed by atoms with Gasteiger partial charge in [-0.3, -0.25) is 14.4 Å². The second-order valence-corrected chi connectivity index (χ2v) is 12.6. The molecule has 0 aliphatic rings. The lowest BCUT2D eigenvalue weighted by atomic mass is 10.1. The Morgan fingerprint density at radius 2 is 1.52 bits per heavy atom. The first-order chi connectivity index (χ1) is 24.2. The van der Waals surface area contributed by atoms with E-state index in [1.165, 1.54) is 18.9 Å². The average molecular weight is 706 g/mol. The Labute approximate surface area is 300 Å². The fraction of sp³-hybridized carbons (Fsp3) is 0.125. The van der Waals surface area contributed by atoms with Crippen LogP contribution in [0.4, 0.5) is 11.4 Å². The van der Waals surface area contributed by atoms with Gasteiger partial charge in [-0.15, -0.1) is 11.8 Å². The Morgan fingerprint density at radius 3 is 2.24 bits per heavy atom. The van der Waals surface area contributed by atoms with E-state index in [1.807, 2.05) is 68.4 Å². The highest BCUT2D eigenvalue weighted by molar-refractivity contribution is 8.00. The number of rotatable bonds is 13. The monoisotopic (exact) mass is 705 g/mol. The van der Waals surface area contributed by atoms with Gasteiger partial charge in [0.05, 0.1) is 19.4 Å². The summed E-state index contributed by atoms with van der Waals surface area (Å²) in [6.45, 7) is 4.16. The minimum absolute atomic E-state index is 0.0257. The predicted molar refractivity (Wildman–Crippen MR) is 201 cm³/mol. The molecule has 5 rings (SSSR count). The number of carbonyl (C=O) groups excluding carboxylic acids is 3. The van der Waals surface area contributed by atoms with Gasteiger partial charge in [-0.05, 0) is 73.5 Å². The maximum absolute atomic E-state index is 13.9. The molecule has 0 spiro atoms. The Morgan fingerprint density at radius 1 is 0.820 bits per heavy atom. The number of anilines is 2. The van der Waals surface area contributed by atoms with Crippen molar-refractivity contribution in [3.05, 3.63) is 154 Å². The third-order valence-corrected chi connectivity index (χ3v) is 9.13. The maximum atomic E-state index is 13.9. The van der Waals surface area contributed by atoms with Crippen molar-refractivity contribution in [3.63, 3.8) is 0 Å². The number of para-hydroxylation sites is 1. The third-order valence-electron chi connectivity index (χ3n) is 7.47. The van der Waals surface area contributed by atoms with E-state index in [0.717, 1.165) is 16.0 Å². The molecule has 8 nitrogen and oxygen atoms in total. The van der Waals surface area contributed by atoms with E-state index in [1.54, 1.807) is 72.8 Å². The molecule has 10 heteroatoms. The van der Waals surface area contributed by atoms with Gasteiger partial charge >= 0.3 is 0 Å². The molecule has 0 aromatic heterocycles. The van der Waals surface area contributed by atoms with Crippen molar-refractivity contribution in [2.45, 2.75) is 24.0 Å². The van der Waals surface area contributed by atoms with Gasteiger partial charge < -0.3 is 25.4 Å². The van der Waals surface area contributed by atoms with Crippen molar-refractivity contribution in [1.29, 1.82) is 0 Å². The number of halogens is 1. The minimum atomic E-state index is -0.654. The van der Waals surface area contributed by atoms with Crippen LogP contribution >= 0.6 is 23.4 Å². The molecule has 3 N–H and O–H groups in total. The number of methoxy groups -OCH3 is 1. The van der Waals surface area contributed by atoms with Crippen LogP contribution in [0.2, 0.25) is 5.02 Å². The van der Waals surface area contributed by atoms with Crippen LogP contribution in [0.15, 0.2) is 132 Å². The van der Waals surface area contributed by atoms with E-state index in [9.17, 15) is 14.4 Å². The van der Waals surface area contributed by atoms with Crippen molar-refractivity contribution in [1.82, 2.24) is 5.32 Å². The molecule has 3 amide bonds. The van der Waals surface area contributed by atoms with E-state index in [2.05, 4.69) is 16.0 Å². The summed E-state index contributed by atoms with van der Waals surface area (Å²) >= 11 is 7.62. The van der Waals surface area contributed by atoms with E-state index in [0.29, 0.717) is 45.6 Å². The van der Waals surface area contributed by atoms with Crippen molar-refractivity contribution < 1.29 is 23.9 Å². The normalized spacial score (nSPS) is 11.6. The highest BCUT2D eigenvalue weighted by Gasteiger charge is 2.24. The fourth-order valence-corrected chi connectivity index (χ4v) is 6.23. The molecular formula is C40H36ClN3O5S. The van der Waals surface area contributed by atoms with Crippen molar-refractivity contribution in [2.75, 3.05) is 24.4 Å². The Bertz CT molecular complexity index is 2000. The molecule has 1 atom stereocenters. The molecule has 1 unspecified atom stereocenters. The first-order valence-corrected chi connectivity index (χ1v) is 17.1. The van der Waals surface area contributed by atoms with E-state index in [-0.39, 0.29) is 11.6 Å². The van der Waals surface area contributed by atoms with Crippen LogP contribution < -0.4 is 25.4 Å². The van der Waals surface area contributed by atoms with Crippen molar-refractivity contribution in [2.24, 2.45) is 0 Å². The zero-order chi connectivity index (χ0) is 35.5. The van der Waals surface area contributed by atoms with Gasteiger partial charge in [0, 0.05) is 32.8 Å². The largest absolute Gasteiger partial charge is 0.495 e. The number of hydrogen-bond donors (Lipinski definition) is 3. The molecule has 5 aromatic carbocycles. The Kier molecular flexibility index (Phi) is 12.3. The standard InChI is InChI=1S/C40H36ClN3O5S/c1-4-49-35-21-12-11-18-29(35)23-34(44-38(45)28-16-9-6-10-17-28)39(46)42-30-19-13-20-31(24-30)50-37(27-14-7-5-8-15-27)40(47)43-33-22-26(2)32(41)25-36(33)48-3/h5-25,37H,4H2,1-3H3,(H,42,46)(H,43,47)(H,44,45)/b34-23+. The van der Waals surface area contributed by atoms with Crippen LogP contribution in [0.3, 0.4) is 0 Å². The molecule has 0 aliphatic carbocycles. The molecule has 0 saturated carbocycles. The number of amides is 3. The van der Waals surface area contributed by atoms with Crippen LogP contribution in [0.25, 0.3) is 6.08 Å². The number of carbonyl (C=O) groups is 3. The fourth-order valence-electron chi connectivity index (χ4n) is 5.00. The smallest absolute Gasteiger partial charge is 0.272 e. The first kappa shape index (κ1) is 35.8. The molecular weight excluding hydrogens is 670 g/mol. The highest BCUT2D eigenvalue weighted by Crippen LogP contribution is 2.39. The lowest BCUT2D eigenvalue weighted by Gasteiger charge is -2.19. The third kappa shape index (κ3) is 9.34. The number of benzene rings is 5. The second kappa shape index (κ2) is 17.2. The number of nitrogens with one attached hydrogen (secondary N) is 3. The van der Waals surface area contributed by atoms with Gasteiger partial charge in [0.2, 0.25) is 5.91 Å². The quantitative estimate of drug-likeness (QED) is 0.0835. The maximum Gasteiger partial charge on any atom is 0.272 e. The summed E-state index contributed by atoms with van der Waals surface area (Å²) in [7, 11) is 1.52. The van der Waals surface area contributed by atoms with Gasteiger partial charge in [-0.25, -0.2) is 0 Å². The predicted octanol–water partition coefficient (Wildman–Crippen LogP) is 8.94. The van der Waals surface area contributed by atoms with E-state index < -0.39 is 17.1 Å². The SMILES string of the molecule is CCOc1ccccc1/C=C(/NC(=O)c1ccccc1)C(=O)Nc1cccc(SC(C(=O)Nc2cc(C)c(Cl)cc2OC)c2ccccc2)c1. The number of aryl methyl sites for hydroxylation is 1. The van der Waals surface area contributed by atoms with Crippen molar-refractivity contribution >= 4 is 58.5 Å². The number of hydrogen-bond acceptors (Lipinski definition) is 6. The molecule has 254 valence electrons. The van der Waals surface area contributed by atoms with Gasteiger partial charge in [-0.2, -0.15) is 0 Å². The molecule has 0 bridgehead atoms. The van der Waals surface area contributed by atoms with Crippen LogP contribution in [-0.4, -0.2) is 31.4 Å². The Balaban J connectivity index is 1.41. The molecule has 0 aliphatic heterocycles. The molecule has 5 aromatic rings. The van der Waals surface area contributed by atoms with E-state index >= 15 is 0 Å². The summed E-state index contributed by atoms with van der Waals surface area (Å²) in [5, 5.41) is 8.57. The van der Waals surface area contributed by atoms with Crippen LogP contribution in [0.5, 0.6) is 11.5 Å². The first-order valence-electron chi connectivity index (χ1n) is 15.8. The lowest BCUT2D eigenvalue weighted by molar-refractivity contribution is -0.116. The summed E-state index contributed by atoms with van der Waals surface area (Å²) in [4.78, 5) is 41.6. The topological polar surface area (TPSA) is 106 Å². The van der Waals surface area contributed by atoms with Gasteiger partial charge in [0.25, 0.3) is 11.8 Å². The molecule has 0 radical (unpaired) electrons. The number of thioether (sulfide) groups is 1. The summed E-state index contributed by atoms with van der Waals surface area (Å²) in [6, 6.07) is 36.0. The summed E-state index contributed by atoms with van der Waals surface area (Å²) in [5.41, 5.74) is 3.61. The molecule has 50 heavy (non-hydrogen) atoms. The highest BCUT2D eigenvalue weighted by atomic mass is 35.5. The molecule has 0 heterocycles. The zero-order valence-corrected chi connectivity index (χ0v) is 29.3. The lowest BCUT2D eigenvalue weighted by Crippen LogP contribution is -2.30. The van der Waals surface area contributed by atoms with Gasteiger partial charge in [0.1, 0.15) is 22.4 Å². The van der Waals surface area contributed by atoms with Crippen LogP contribution in [0.1, 0.15) is 39.2 Å². The van der Waals surface area contributed by atoms with E-state index in [4.69, 9.17) is 21.1 Å². The zero-order valence-electron chi connectivity index (χ0n) is 27.7. The van der Waals surface area contributed by atoms with Crippen LogP contribution in [0, 0.1) is 6.92 Å². The second-order valence-electron chi connectivity index (χ2n) is 11.0. The number of ether oxygens (including phenoxy) is 2. The van der Waals surface area contributed by atoms with Crippen LogP contribution in [-0.2, 0) is 9.59 Å². The average Bonchev–Trinajstić information content (AvgIpc) is 3.13. The molecule has 0 saturated heterocycles. The summed E-state index contributed by atoms with van der Waals surface area (Å²) in [6.07, 6.45) is 1.59. The van der Waals surface area contributed by atoms with Gasteiger partial charge in [0.15, 0.2) is 0 Å². The van der Waals surface area contributed by atoms with Gasteiger partial charge in [-0.1, -0.05) is 84.4 Å². The van der Waals surface area contributed by atoms with Crippen molar-refractivity contribution in [3.8, 4) is 11.5 Å². The Hall–Kier alpha value is -5.51. The molecule has 0 fully saturated rings.